The number of likely N-dealkylation sites (tertiary alicyclic amines) is 1. The maximum atomic E-state index is 13.9. The Morgan fingerprint density at radius 2 is 1.73 bits per heavy atom. The van der Waals surface area contributed by atoms with Gasteiger partial charge in [-0.3, -0.25) is 24.0 Å². The van der Waals surface area contributed by atoms with Gasteiger partial charge in [0.1, 0.15) is 37.0 Å². The van der Waals surface area contributed by atoms with Gasteiger partial charge in [-0.1, -0.05) is 61.8 Å². The summed E-state index contributed by atoms with van der Waals surface area (Å²) in [6.45, 7) is 9.76. The fraction of sp³-hybridized carbons (Fsp3) is 0.358. The van der Waals surface area contributed by atoms with Gasteiger partial charge in [-0.05, 0) is 91.9 Å². The molecule has 370 valence electrons. The predicted octanol–water partition coefficient (Wildman–Crippen LogP) is 6.85. The van der Waals surface area contributed by atoms with E-state index in [1.807, 2.05) is 76.4 Å². The van der Waals surface area contributed by atoms with E-state index in [0.717, 1.165) is 32.8 Å². The Morgan fingerprint density at radius 3 is 2.45 bits per heavy atom. The number of carbonyl (C=O) groups excluding carboxylic acids is 3. The number of carbonyl (C=O) groups is 3. The van der Waals surface area contributed by atoms with Crippen LogP contribution in [0, 0.1) is 24.2 Å². The molecule has 8 rings (SSSR count). The fourth-order valence-corrected chi connectivity index (χ4v) is 10.1. The van der Waals surface area contributed by atoms with Crippen molar-refractivity contribution in [1.82, 2.24) is 35.2 Å². The molecule has 2 unspecified atom stereocenters. The van der Waals surface area contributed by atoms with Gasteiger partial charge in [0.2, 0.25) is 5.91 Å². The summed E-state index contributed by atoms with van der Waals surface area (Å²) in [5.74, 6) is 0.260. The topological polar surface area (TPSA) is 204 Å². The Balaban J connectivity index is 0.800. The highest BCUT2D eigenvalue weighted by atomic mass is 35.5. The van der Waals surface area contributed by atoms with Gasteiger partial charge in [0.05, 0.1) is 70.3 Å². The van der Waals surface area contributed by atoms with Crippen LogP contribution in [-0.4, -0.2) is 116 Å². The Hall–Kier alpha value is -6.65. The molecule has 2 aliphatic rings. The Bertz CT molecular complexity index is 2880. The van der Waals surface area contributed by atoms with Crippen molar-refractivity contribution < 1.29 is 38.8 Å². The zero-order valence-corrected chi connectivity index (χ0v) is 41.5. The van der Waals surface area contributed by atoms with Gasteiger partial charge in [-0.15, -0.1) is 11.3 Å². The van der Waals surface area contributed by atoms with Crippen molar-refractivity contribution in [3.63, 3.8) is 0 Å². The molecule has 0 radical (unpaired) electrons. The number of halogens is 1. The average Bonchev–Trinajstić information content (AvgIpc) is 4.17. The van der Waals surface area contributed by atoms with Crippen LogP contribution >= 0.6 is 22.9 Å². The molecule has 0 bridgehead atoms. The molecule has 4 heterocycles. The van der Waals surface area contributed by atoms with Crippen LogP contribution in [0.3, 0.4) is 0 Å². The van der Waals surface area contributed by atoms with E-state index in [-0.39, 0.29) is 75.6 Å². The summed E-state index contributed by atoms with van der Waals surface area (Å²) in [5.41, 5.74) is 8.21. The number of rotatable bonds is 21. The van der Waals surface area contributed by atoms with Crippen LogP contribution in [-0.2, 0) is 29.2 Å². The number of nitrogens with one attached hydrogen (secondary N) is 2. The number of aliphatic hydroxyl groups is 2. The molecule has 71 heavy (non-hydrogen) atoms. The third-order valence-electron chi connectivity index (χ3n) is 12.6. The lowest BCUT2D eigenvalue weighted by atomic mass is 9.99. The molecule has 4 aromatic carbocycles. The minimum atomic E-state index is -1.19. The van der Waals surface area contributed by atoms with Crippen LogP contribution in [0.1, 0.15) is 70.3 Å². The number of nitrogens with zero attached hydrogens (tertiary/aromatic N) is 6. The molecule has 3 amide bonds. The first-order valence-corrected chi connectivity index (χ1v) is 24.8. The van der Waals surface area contributed by atoms with Gasteiger partial charge >= 0.3 is 0 Å². The first kappa shape index (κ1) is 50.7. The molecule has 1 saturated heterocycles. The number of benzene rings is 4. The van der Waals surface area contributed by atoms with Crippen LogP contribution in [0.25, 0.3) is 21.7 Å². The van der Waals surface area contributed by atoms with E-state index in [1.54, 1.807) is 68.5 Å². The van der Waals surface area contributed by atoms with E-state index in [9.17, 15) is 24.6 Å². The number of ether oxygens (including phenoxy) is 3. The molecule has 0 saturated carbocycles. The largest absolute Gasteiger partial charge is 0.491 e. The summed E-state index contributed by atoms with van der Waals surface area (Å²) < 4.78 is 19.7. The SMILES string of the molecule is Cc1ncsc1-c1ccc(CNC(=O)C2C[C@@H](O)CN2C(O)[C@H](C(C)C)N2Cc3ccccc3C2=O)c(OCCOCCOc2ccc(C(=O)N[C@@H](C)Cn3ccc(-c4ccc(C#N)c(Cl)c4)n3)cc2)c1. The summed E-state index contributed by atoms with van der Waals surface area (Å²) in [7, 11) is 0. The molecule has 0 spiro atoms. The van der Waals surface area contributed by atoms with Gasteiger partial charge in [-0.2, -0.15) is 10.4 Å². The molecule has 6 aromatic rings. The summed E-state index contributed by atoms with van der Waals surface area (Å²) in [5, 5.41) is 42.8. The number of nitriles is 1. The standard InChI is InChI=1S/C53H57ClN8O8S/c1-32(2)48(62-29-40-7-5-6-8-43(40)52(62)66)53(67)61-30-41(63)25-46(61)51(65)56-27-39-12-10-37(49-34(4)57-31-71-49)24-47(39)70-22-20-68-19-21-69-42-15-13-35(14-16-42)50(64)58-33(3)28-60-18-17-45(59-60)36-9-11-38(26-55)44(54)23-36/h5-18,23-24,31-33,41,46,48,53,63,67H,19-22,25,27-30H2,1-4H3,(H,56,65)(H,58,64)/t33-,41+,46?,48-,53?/m0/s1. The second-order valence-corrected chi connectivity index (χ2v) is 19.3. The summed E-state index contributed by atoms with van der Waals surface area (Å²) in [6.07, 6.45) is -0.0658. The molecule has 18 heteroatoms. The highest BCUT2D eigenvalue weighted by molar-refractivity contribution is 7.13. The van der Waals surface area contributed by atoms with Crippen molar-refractivity contribution in [3.05, 3.63) is 141 Å². The number of fused-ring (bicyclic) bond motifs is 1. The van der Waals surface area contributed by atoms with Crippen LogP contribution in [0.5, 0.6) is 11.5 Å². The Morgan fingerprint density at radius 1 is 0.972 bits per heavy atom. The van der Waals surface area contributed by atoms with Crippen molar-refractivity contribution in [2.24, 2.45) is 5.92 Å². The van der Waals surface area contributed by atoms with E-state index in [2.05, 4.69) is 26.8 Å². The zero-order valence-electron chi connectivity index (χ0n) is 40.0. The predicted molar refractivity (Wildman–Crippen MR) is 269 cm³/mol. The van der Waals surface area contributed by atoms with Crippen LogP contribution < -0.4 is 20.1 Å². The first-order valence-electron chi connectivity index (χ1n) is 23.6. The highest BCUT2D eigenvalue weighted by Gasteiger charge is 2.46. The minimum absolute atomic E-state index is 0.0855. The lowest BCUT2D eigenvalue weighted by Gasteiger charge is -2.40. The molecule has 2 aromatic heterocycles. The van der Waals surface area contributed by atoms with Gasteiger partial charge < -0.3 is 40.0 Å². The number of aliphatic hydroxyl groups excluding tert-OH is 2. The summed E-state index contributed by atoms with van der Waals surface area (Å²) >= 11 is 7.72. The number of aryl methyl sites for hydroxylation is 1. The van der Waals surface area contributed by atoms with Crippen molar-refractivity contribution in [2.75, 3.05) is 33.0 Å². The Kier molecular flexibility index (Phi) is 16.5. The number of hydrogen-bond donors (Lipinski definition) is 4. The molecular formula is C53H57ClN8O8S. The Labute approximate surface area is 421 Å². The number of β-amino-alcohol motifs (C(OH)–C–C–N with tert-alkyl or cyclic N) is 1. The molecule has 2 aliphatic heterocycles. The van der Waals surface area contributed by atoms with Crippen LogP contribution in [0.15, 0.2) is 103 Å². The van der Waals surface area contributed by atoms with Crippen molar-refractivity contribution in [3.8, 4) is 39.3 Å². The highest BCUT2D eigenvalue weighted by Crippen LogP contribution is 2.34. The normalized spacial score (nSPS) is 16.9. The maximum Gasteiger partial charge on any atom is 0.254 e. The lowest BCUT2D eigenvalue weighted by Crippen LogP contribution is -2.58. The van der Waals surface area contributed by atoms with Crippen molar-refractivity contribution in [2.45, 2.75) is 84.2 Å². The second-order valence-electron chi connectivity index (χ2n) is 18.1. The maximum absolute atomic E-state index is 13.9. The van der Waals surface area contributed by atoms with Gasteiger partial charge in [0, 0.05) is 54.1 Å². The lowest BCUT2D eigenvalue weighted by molar-refractivity contribution is -0.133. The molecule has 5 atom stereocenters. The molecule has 1 fully saturated rings. The second kappa shape index (κ2) is 23.1. The van der Waals surface area contributed by atoms with E-state index in [0.29, 0.717) is 52.0 Å². The van der Waals surface area contributed by atoms with Crippen LogP contribution in [0.4, 0.5) is 0 Å². The van der Waals surface area contributed by atoms with Crippen LogP contribution in [0.2, 0.25) is 5.02 Å². The third-order valence-corrected chi connectivity index (χ3v) is 13.9. The minimum Gasteiger partial charge on any atom is -0.491 e. The first-order chi connectivity index (χ1) is 34.3. The van der Waals surface area contributed by atoms with Crippen molar-refractivity contribution in [1.29, 1.82) is 5.26 Å². The van der Waals surface area contributed by atoms with Gasteiger partial charge in [0.25, 0.3) is 11.8 Å². The summed E-state index contributed by atoms with van der Waals surface area (Å²) in [6, 6.07) is 27.5. The van der Waals surface area contributed by atoms with Gasteiger partial charge in [-0.25, -0.2) is 4.98 Å². The quantitative estimate of drug-likeness (QED) is 0.0547. The number of amides is 3. The number of aromatic nitrogens is 3. The molecule has 16 nitrogen and oxygen atoms in total. The van der Waals surface area contributed by atoms with Gasteiger partial charge in [0.15, 0.2) is 0 Å². The average molecular weight is 1000 g/mol. The molecule has 0 aliphatic carbocycles. The fourth-order valence-electron chi connectivity index (χ4n) is 9.07. The van der Waals surface area contributed by atoms with Crippen molar-refractivity contribution >= 4 is 40.7 Å². The zero-order chi connectivity index (χ0) is 50.2. The van der Waals surface area contributed by atoms with E-state index < -0.39 is 24.4 Å². The van der Waals surface area contributed by atoms with E-state index in [4.69, 9.17) is 31.1 Å². The number of hydrogen-bond acceptors (Lipinski definition) is 13. The summed E-state index contributed by atoms with van der Waals surface area (Å²) in [4.78, 5) is 49.2. The monoisotopic (exact) mass is 1000 g/mol. The van der Waals surface area contributed by atoms with E-state index >= 15 is 0 Å². The molecule has 4 N–H and O–H groups in total. The van der Waals surface area contributed by atoms with E-state index in [1.165, 1.54) is 11.3 Å². The third kappa shape index (κ3) is 12.1. The smallest absolute Gasteiger partial charge is 0.254 e. The molecular weight excluding hydrogens is 944 g/mol. The number of thiazole rings is 1.